The molecule has 8 heteroatoms. The summed E-state index contributed by atoms with van der Waals surface area (Å²) < 4.78 is 26.4. The predicted octanol–water partition coefficient (Wildman–Crippen LogP) is 1.76. The molecule has 0 aliphatic rings. The number of nitro groups is 1. The number of anilines is 1. The van der Waals surface area contributed by atoms with Crippen molar-refractivity contribution in [2.75, 3.05) is 19.4 Å². The third kappa shape index (κ3) is 3.36. The molecule has 1 amide bonds. The van der Waals surface area contributed by atoms with Crippen LogP contribution in [0.3, 0.4) is 0 Å². The first-order chi connectivity index (χ1) is 8.73. The average molecular weight is 273 g/mol. The van der Waals surface area contributed by atoms with Crippen molar-refractivity contribution in [2.24, 2.45) is 0 Å². The molecule has 0 bridgehead atoms. The Kier molecular flexibility index (Phi) is 4.36. The Hall–Kier alpha value is -2.25. The van der Waals surface area contributed by atoms with Crippen molar-refractivity contribution in [3.63, 3.8) is 0 Å². The highest BCUT2D eigenvalue weighted by Crippen LogP contribution is 2.29. The van der Waals surface area contributed by atoms with Gasteiger partial charge in [0.2, 0.25) is 11.7 Å². The smallest absolute Gasteiger partial charge is 0.327 e. The van der Waals surface area contributed by atoms with Crippen molar-refractivity contribution in [1.82, 2.24) is 4.90 Å². The first-order valence-corrected chi connectivity index (χ1v) is 5.35. The van der Waals surface area contributed by atoms with Gasteiger partial charge in [-0.15, -0.1) is 0 Å². The highest BCUT2D eigenvalue weighted by molar-refractivity contribution is 5.84. The molecule has 1 aromatic carbocycles. The van der Waals surface area contributed by atoms with Gasteiger partial charge in [0.05, 0.1) is 4.92 Å². The molecule has 0 saturated heterocycles. The number of carbonyl (C=O) groups is 1. The summed E-state index contributed by atoms with van der Waals surface area (Å²) in [5.74, 6) is -2.63. The summed E-state index contributed by atoms with van der Waals surface area (Å²) in [6, 6.07) is 0.345. The van der Waals surface area contributed by atoms with E-state index >= 15 is 0 Å². The molecular weight excluding hydrogens is 260 g/mol. The number of hydrogen-bond donors (Lipinski definition) is 1. The number of likely N-dealkylation sites (N-methyl/N-ethyl adjacent to an activating group) is 1. The lowest BCUT2D eigenvalue weighted by Gasteiger charge is -2.19. The lowest BCUT2D eigenvalue weighted by atomic mass is 10.2. The molecule has 0 radical (unpaired) electrons. The van der Waals surface area contributed by atoms with E-state index in [1.165, 1.54) is 25.9 Å². The highest BCUT2D eigenvalue weighted by Gasteiger charge is 2.25. The van der Waals surface area contributed by atoms with Crippen LogP contribution in [0.25, 0.3) is 0 Å². The van der Waals surface area contributed by atoms with Crippen LogP contribution in [-0.4, -0.2) is 35.9 Å². The second-order valence-corrected chi connectivity index (χ2v) is 4.14. The summed E-state index contributed by atoms with van der Waals surface area (Å²) in [7, 11) is 3.00. The fraction of sp³-hybridized carbons (Fsp3) is 0.364. The molecule has 0 saturated carbocycles. The number of amides is 1. The monoisotopic (exact) mass is 273 g/mol. The van der Waals surface area contributed by atoms with Crippen LogP contribution in [0.2, 0.25) is 0 Å². The lowest BCUT2D eigenvalue weighted by molar-refractivity contribution is -0.386. The number of nitrogens with zero attached hydrogens (tertiary/aromatic N) is 2. The van der Waals surface area contributed by atoms with Crippen LogP contribution in [0.15, 0.2) is 12.1 Å². The number of rotatable bonds is 4. The maximum absolute atomic E-state index is 13.4. The standard InChI is InChI=1S/C11H13F2N3O3/c1-6(11(17)15(2)3)14-9-5-7(12)4-8(13)10(9)16(18)19/h4-6,14H,1-3H3. The van der Waals surface area contributed by atoms with E-state index < -0.39 is 28.3 Å². The molecule has 1 N–H and O–H groups in total. The number of hydrogen-bond acceptors (Lipinski definition) is 4. The first-order valence-electron chi connectivity index (χ1n) is 5.35. The van der Waals surface area contributed by atoms with Crippen molar-refractivity contribution in [3.8, 4) is 0 Å². The maximum atomic E-state index is 13.4. The number of carbonyl (C=O) groups excluding carboxylic acids is 1. The minimum atomic E-state index is -1.29. The third-order valence-electron chi connectivity index (χ3n) is 2.39. The zero-order valence-corrected chi connectivity index (χ0v) is 10.6. The Bertz CT molecular complexity index is 520. The number of nitrogens with one attached hydrogen (secondary N) is 1. The highest BCUT2D eigenvalue weighted by atomic mass is 19.1. The Morgan fingerprint density at radius 3 is 2.47 bits per heavy atom. The molecule has 1 aromatic rings. The van der Waals surface area contributed by atoms with Crippen molar-refractivity contribution >= 4 is 17.3 Å². The molecule has 0 heterocycles. The Balaban J connectivity index is 3.13. The van der Waals surface area contributed by atoms with Gasteiger partial charge in [0.15, 0.2) is 0 Å². The molecule has 1 unspecified atom stereocenters. The zero-order valence-electron chi connectivity index (χ0n) is 10.6. The van der Waals surface area contributed by atoms with Gasteiger partial charge in [-0.1, -0.05) is 0 Å². The Morgan fingerprint density at radius 2 is 2.00 bits per heavy atom. The SMILES string of the molecule is CC(Nc1cc(F)cc(F)c1[N+](=O)[O-])C(=O)N(C)C. The van der Waals surface area contributed by atoms with Gasteiger partial charge in [0.25, 0.3) is 0 Å². The first kappa shape index (κ1) is 14.8. The van der Waals surface area contributed by atoms with Gasteiger partial charge in [-0.05, 0) is 6.92 Å². The van der Waals surface area contributed by atoms with Gasteiger partial charge in [-0.2, -0.15) is 4.39 Å². The summed E-state index contributed by atoms with van der Waals surface area (Å²) in [5, 5.41) is 13.2. The zero-order chi connectivity index (χ0) is 14.7. The van der Waals surface area contributed by atoms with Crippen LogP contribution >= 0.6 is 0 Å². The summed E-state index contributed by atoms with van der Waals surface area (Å²) in [5.41, 5.74) is -1.26. The van der Waals surface area contributed by atoms with E-state index in [4.69, 9.17) is 0 Å². The van der Waals surface area contributed by atoms with E-state index in [0.29, 0.717) is 6.07 Å². The quantitative estimate of drug-likeness (QED) is 0.670. The van der Waals surface area contributed by atoms with Gasteiger partial charge in [0.1, 0.15) is 17.5 Å². The van der Waals surface area contributed by atoms with E-state index in [-0.39, 0.29) is 11.6 Å². The normalized spacial score (nSPS) is 11.8. The van der Waals surface area contributed by atoms with Crippen LogP contribution in [0.5, 0.6) is 0 Å². The number of nitro benzene ring substituents is 1. The van der Waals surface area contributed by atoms with E-state index in [9.17, 15) is 23.7 Å². The second-order valence-electron chi connectivity index (χ2n) is 4.14. The van der Waals surface area contributed by atoms with Gasteiger partial charge < -0.3 is 10.2 Å². The molecule has 0 aliphatic heterocycles. The molecule has 0 aromatic heterocycles. The van der Waals surface area contributed by atoms with Crippen LogP contribution in [-0.2, 0) is 4.79 Å². The predicted molar refractivity (Wildman–Crippen MR) is 64.8 cm³/mol. The maximum Gasteiger partial charge on any atom is 0.327 e. The second kappa shape index (κ2) is 5.59. The molecule has 104 valence electrons. The van der Waals surface area contributed by atoms with Crippen LogP contribution in [0.4, 0.5) is 20.2 Å². The van der Waals surface area contributed by atoms with Gasteiger partial charge in [-0.3, -0.25) is 14.9 Å². The minimum absolute atomic E-state index is 0.370. The summed E-state index contributed by atoms with van der Waals surface area (Å²) in [6.07, 6.45) is 0. The largest absolute Gasteiger partial charge is 0.368 e. The average Bonchev–Trinajstić information content (AvgIpc) is 2.25. The van der Waals surface area contributed by atoms with E-state index in [1.54, 1.807) is 0 Å². The van der Waals surface area contributed by atoms with Crippen molar-refractivity contribution < 1.29 is 18.5 Å². The topological polar surface area (TPSA) is 75.5 Å². The van der Waals surface area contributed by atoms with Crippen molar-refractivity contribution in [2.45, 2.75) is 13.0 Å². The van der Waals surface area contributed by atoms with Crippen molar-refractivity contribution in [1.29, 1.82) is 0 Å². The molecule has 0 spiro atoms. The van der Waals surface area contributed by atoms with Gasteiger partial charge in [0, 0.05) is 26.2 Å². The lowest BCUT2D eigenvalue weighted by Crippen LogP contribution is -2.36. The molecule has 0 aliphatic carbocycles. The summed E-state index contributed by atoms with van der Waals surface area (Å²) >= 11 is 0. The fourth-order valence-corrected chi connectivity index (χ4v) is 1.54. The third-order valence-corrected chi connectivity index (χ3v) is 2.39. The molecule has 6 nitrogen and oxygen atoms in total. The molecule has 0 fully saturated rings. The number of halogens is 2. The van der Waals surface area contributed by atoms with E-state index in [2.05, 4.69) is 5.32 Å². The summed E-state index contributed by atoms with van der Waals surface area (Å²) in [4.78, 5) is 22.6. The summed E-state index contributed by atoms with van der Waals surface area (Å²) in [6.45, 7) is 1.44. The van der Waals surface area contributed by atoms with Gasteiger partial charge in [-0.25, -0.2) is 4.39 Å². The Morgan fingerprint density at radius 1 is 1.42 bits per heavy atom. The van der Waals surface area contributed by atoms with Gasteiger partial charge >= 0.3 is 5.69 Å². The van der Waals surface area contributed by atoms with Crippen LogP contribution < -0.4 is 5.32 Å². The molecule has 19 heavy (non-hydrogen) atoms. The molecule has 1 atom stereocenters. The minimum Gasteiger partial charge on any atom is -0.368 e. The van der Waals surface area contributed by atoms with Crippen LogP contribution in [0.1, 0.15) is 6.92 Å². The van der Waals surface area contributed by atoms with E-state index in [1.807, 2.05) is 0 Å². The molecular formula is C11H13F2N3O3. The van der Waals surface area contributed by atoms with Crippen molar-refractivity contribution in [3.05, 3.63) is 33.9 Å². The number of benzene rings is 1. The Labute approximate surface area is 108 Å². The fourth-order valence-electron chi connectivity index (χ4n) is 1.54. The van der Waals surface area contributed by atoms with E-state index in [0.717, 1.165) is 6.07 Å². The van der Waals surface area contributed by atoms with Crippen LogP contribution in [0, 0.1) is 21.7 Å². The molecule has 1 rings (SSSR count).